The SMILES string of the molecule is Fc1ccc(Cl)c(-c2ccc(CNC3CC3)cc2Cl)c1. The van der Waals surface area contributed by atoms with Crippen molar-refractivity contribution in [1.29, 1.82) is 0 Å². The van der Waals surface area contributed by atoms with E-state index in [1.807, 2.05) is 18.2 Å². The first-order valence-electron chi connectivity index (χ1n) is 6.61. The molecule has 104 valence electrons. The Bertz CT molecular complexity index is 638. The summed E-state index contributed by atoms with van der Waals surface area (Å²) in [5.74, 6) is -0.319. The number of hydrogen-bond donors (Lipinski definition) is 1. The summed E-state index contributed by atoms with van der Waals surface area (Å²) in [7, 11) is 0. The lowest BCUT2D eigenvalue weighted by Gasteiger charge is -2.10. The number of rotatable bonds is 4. The van der Waals surface area contributed by atoms with E-state index in [4.69, 9.17) is 23.2 Å². The van der Waals surface area contributed by atoms with E-state index in [1.165, 1.54) is 25.0 Å². The normalized spacial score (nSPS) is 14.6. The van der Waals surface area contributed by atoms with Crippen molar-refractivity contribution in [2.24, 2.45) is 0 Å². The second-order valence-electron chi connectivity index (χ2n) is 5.09. The van der Waals surface area contributed by atoms with Gasteiger partial charge in [0.15, 0.2) is 0 Å². The monoisotopic (exact) mass is 309 g/mol. The third-order valence-corrected chi connectivity index (χ3v) is 4.07. The van der Waals surface area contributed by atoms with Crippen LogP contribution >= 0.6 is 23.2 Å². The molecule has 1 aliphatic rings. The molecule has 0 bridgehead atoms. The van der Waals surface area contributed by atoms with Crippen LogP contribution in [0.25, 0.3) is 11.1 Å². The van der Waals surface area contributed by atoms with Gasteiger partial charge in [-0.15, -0.1) is 0 Å². The summed E-state index contributed by atoms with van der Waals surface area (Å²) in [5, 5.41) is 4.52. The minimum absolute atomic E-state index is 0.319. The van der Waals surface area contributed by atoms with Crippen LogP contribution in [0.5, 0.6) is 0 Å². The van der Waals surface area contributed by atoms with E-state index in [-0.39, 0.29) is 5.82 Å². The molecule has 0 radical (unpaired) electrons. The second kappa shape index (κ2) is 5.72. The second-order valence-corrected chi connectivity index (χ2v) is 5.91. The average molecular weight is 310 g/mol. The fourth-order valence-electron chi connectivity index (χ4n) is 2.14. The highest BCUT2D eigenvalue weighted by Crippen LogP contribution is 2.34. The van der Waals surface area contributed by atoms with E-state index < -0.39 is 0 Å². The van der Waals surface area contributed by atoms with Crippen LogP contribution in [0.4, 0.5) is 4.39 Å². The molecule has 1 fully saturated rings. The number of halogens is 3. The van der Waals surface area contributed by atoms with E-state index in [2.05, 4.69) is 5.32 Å². The van der Waals surface area contributed by atoms with Gasteiger partial charge in [-0.1, -0.05) is 35.3 Å². The topological polar surface area (TPSA) is 12.0 Å². The van der Waals surface area contributed by atoms with Gasteiger partial charge in [0.05, 0.1) is 0 Å². The van der Waals surface area contributed by atoms with Crippen LogP contribution in [0, 0.1) is 5.82 Å². The standard InChI is InChI=1S/C16H14Cl2FN/c17-15-6-2-11(19)8-14(15)13-5-1-10(7-16(13)18)9-20-12-3-4-12/h1-2,5-8,12,20H,3-4,9H2. The summed E-state index contributed by atoms with van der Waals surface area (Å²) in [6.45, 7) is 0.807. The van der Waals surface area contributed by atoms with Gasteiger partial charge >= 0.3 is 0 Å². The molecule has 0 aromatic heterocycles. The van der Waals surface area contributed by atoms with E-state index in [0.29, 0.717) is 21.7 Å². The maximum Gasteiger partial charge on any atom is 0.123 e. The van der Waals surface area contributed by atoms with E-state index in [0.717, 1.165) is 17.7 Å². The summed E-state index contributed by atoms with van der Waals surface area (Å²) in [4.78, 5) is 0. The van der Waals surface area contributed by atoms with Crippen LogP contribution in [0.1, 0.15) is 18.4 Å². The molecule has 0 unspecified atom stereocenters. The fourth-order valence-corrected chi connectivity index (χ4v) is 2.66. The van der Waals surface area contributed by atoms with Crippen LogP contribution in [0.15, 0.2) is 36.4 Å². The Labute approximate surface area is 127 Å². The minimum Gasteiger partial charge on any atom is -0.310 e. The summed E-state index contributed by atoms with van der Waals surface area (Å²) in [5.41, 5.74) is 2.50. The molecule has 0 amide bonds. The Morgan fingerprint density at radius 3 is 2.50 bits per heavy atom. The molecule has 0 atom stereocenters. The quantitative estimate of drug-likeness (QED) is 0.833. The first kappa shape index (κ1) is 13.9. The summed E-state index contributed by atoms with van der Waals surface area (Å²) < 4.78 is 13.3. The van der Waals surface area contributed by atoms with Crippen molar-refractivity contribution in [2.75, 3.05) is 0 Å². The van der Waals surface area contributed by atoms with Gasteiger partial charge in [0, 0.05) is 33.8 Å². The third kappa shape index (κ3) is 3.14. The van der Waals surface area contributed by atoms with Gasteiger partial charge in [0.25, 0.3) is 0 Å². The van der Waals surface area contributed by atoms with Crippen molar-refractivity contribution in [3.63, 3.8) is 0 Å². The van der Waals surface area contributed by atoms with Crippen LogP contribution in [0.3, 0.4) is 0 Å². The maximum atomic E-state index is 13.3. The number of nitrogens with one attached hydrogen (secondary N) is 1. The highest BCUT2D eigenvalue weighted by atomic mass is 35.5. The Kier molecular flexibility index (Phi) is 3.97. The Hall–Kier alpha value is -1.09. The molecule has 1 nitrogen and oxygen atoms in total. The molecule has 1 N–H and O–H groups in total. The molecule has 1 saturated carbocycles. The van der Waals surface area contributed by atoms with Gasteiger partial charge in [-0.2, -0.15) is 0 Å². The van der Waals surface area contributed by atoms with Gasteiger partial charge in [-0.3, -0.25) is 0 Å². The zero-order valence-corrected chi connectivity index (χ0v) is 12.3. The van der Waals surface area contributed by atoms with Crippen molar-refractivity contribution in [3.8, 4) is 11.1 Å². The summed E-state index contributed by atoms with van der Waals surface area (Å²) >= 11 is 12.4. The Morgan fingerprint density at radius 1 is 1.00 bits per heavy atom. The molecule has 0 spiro atoms. The molecule has 0 aliphatic heterocycles. The van der Waals surface area contributed by atoms with Gasteiger partial charge in [0.1, 0.15) is 5.82 Å². The third-order valence-electron chi connectivity index (χ3n) is 3.42. The highest BCUT2D eigenvalue weighted by Gasteiger charge is 2.20. The predicted molar refractivity (Wildman–Crippen MR) is 81.7 cm³/mol. The molecule has 2 aromatic carbocycles. The van der Waals surface area contributed by atoms with E-state index in [9.17, 15) is 4.39 Å². The molecule has 0 heterocycles. The van der Waals surface area contributed by atoms with Crippen LogP contribution in [-0.2, 0) is 6.54 Å². The lowest BCUT2D eigenvalue weighted by Crippen LogP contribution is -2.15. The zero-order valence-electron chi connectivity index (χ0n) is 10.8. The molecule has 4 heteroatoms. The van der Waals surface area contributed by atoms with Crippen molar-refractivity contribution >= 4 is 23.2 Å². The van der Waals surface area contributed by atoms with Crippen LogP contribution < -0.4 is 5.32 Å². The smallest absolute Gasteiger partial charge is 0.123 e. The average Bonchev–Trinajstić information content (AvgIpc) is 3.24. The lowest BCUT2D eigenvalue weighted by molar-refractivity contribution is 0.628. The number of benzene rings is 2. The molecular formula is C16H14Cl2FN. The fraction of sp³-hybridized carbons (Fsp3) is 0.250. The molecular weight excluding hydrogens is 296 g/mol. The first-order chi connectivity index (χ1) is 9.63. The highest BCUT2D eigenvalue weighted by molar-refractivity contribution is 6.36. The largest absolute Gasteiger partial charge is 0.310 e. The van der Waals surface area contributed by atoms with Gasteiger partial charge in [-0.05, 0) is 42.7 Å². The van der Waals surface area contributed by atoms with E-state index >= 15 is 0 Å². The predicted octanol–water partition coefficient (Wildman–Crippen LogP) is 5.05. The van der Waals surface area contributed by atoms with Crippen molar-refractivity contribution in [2.45, 2.75) is 25.4 Å². The van der Waals surface area contributed by atoms with Crippen molar-refractivity contribution in [3.05, 3.63) is 57.8 Å². The van der Waals surface area contributed by atoms with Gasteiger partial charge in [-0.25, -0.2) is 4.39 Å². The minimum atomic E-state index is -0.319. The molecule has 2 aromatic rings. The number of hydrogen-bond acceptors (Lipinski definition) is 1. The Balaban J connectivity index is 1.87. The molecule has 3 rings (SSSR count). The van der Waals surface area contributed by atoms with E-state index in [1.54, 1.807) is 6.07 Å². The molecule has 20 heavy (non-hydrogen) atoms. The summed E-state index contributed by atoms with van der Waals surface area (Å²) in [6, 6.07) is 10.8. The molecule has 0 saturated heterocycles. The molecule has 1 aliphatic carbocycles. The van der Waals surface area contributed by atoms with Crippen LogP contribution in [-0.4, -0.2) is 6.04 Å². The van der Waals surface area contributed by atoms with Gasteiger partial charge in [0.2, 0.25) is 0 Å². The maximum absolute atomic E-state index is 13.3. The van der Waals surface area contributed by atoms with Crippen molar-refractivity contribution in [1.82, 2.24) is 5.32 Å². The summed E-state index contributed by atoms with van der Waals surface area (Å²) in [6.07, 6.45) is 2.51. The van der Waals surface area contributed by atoms with Crippen molar-refractivity contribution < 1.29 is 4.39 Å². The lowest BCUT2D eigenvalue weighted by atomic mass is 10.0. The Morgan fingerprint density at radius 2 is 1.80 bits per heavy atom. The first-order valence-corrected chi connectivity index (χ1v) is 7.36. The van der Waals surface area contributed by atoms with Gasteiger partial charge < -0.3 is 5.32 Å². The zero-order chi connectivity index (χ0) is 14.1. The van der Waals surface area contributed by atoms with Crippen LogP contribution in [0.2, 0.25) is 10.0 Å².